The smallest absolute Gasteiger partial charge is 0.337 e. The number of nitrogens with zero attached hydrogens (tertiary/aromatic N) is 3. The van der Waals surface area contributed by atoms with Crippen LogP contribution in [0.5, 0.6) is 5.75 Å². The monoisotopic (exact) mass is 396 g/mol. The molecule has 7 nitrogen and oxygen atoms in total. The quantitative estimate of drug-likeness (QED) is 0.386. The molecule has 2 aromatic carbocycles. The molecule has 0 amide bonds. The molecule has 0 atom stereocenters. The number of nitrogens with one attached hydrogen (secondary N) is 1. The first-order chi connectivity index (χ1) is 13.5. The van der Waals surface area contributed by atoms with Gasteiger partial charge in [-0.1, -0.05) is 24.3 Å². The van der Waals surface area contributed by atoms with Crippen LogP contribution in [0.3, 0.4) is 0 Å². The summed E-state index contributed by atoms with van der Waals surface area (Å²) in [6, 6.07) is 14.5. The number of hydrogen-bond donors (Lipinski definition) is 1. The molecule has 144 valence electrons. The second-order valence-electron chi connectivity index (χ2n) is 6.22. The van der Waals surface area contributed by atoms with E-state index in [4.69, 9.17) is 21.7 Å². The maximum Gasteiger partial charge on any atom is 0.337 e. The van der Waals surface area contributed by atoms with E-state index in [0.29, 0.717) is 16.2 Å². The third-order valence-electron chi connectivity index (χ3n) is 3.77. The highest BCUT2D eigenvalue weighted by atomic mass is 32.1. The van der Waals surface area contributed by atoms with E-state index in [0.717, 1.165) is 16.9 Å². The Morgan fingerprint density at radius 3 is 2.68 bits per heavy atom. The molecule has 0 fully saturated rings. The summed E-state index contributed by atoms with van der Waals surface area (Å²) < 4.78 is 12.3. The molecule has 1 heterocycles. The summed E-state index contributed by atoms with van der Waals surface area (Å²) in [6.45, 7) is 3.94. The van der Waals surface area contributed by atoms with Gasteiger partial charge in [0, 0.05) is 5.56 Å². The van der Waals surface area contributed by atoms with Crippen LogP contribution in [-0.2, 0) is 4.74 Å². The Labute approximate surface area is 167 Å². The van der Waals surface area contributed by atoms with Gasteiger partial charge < -0.3 is 9.47 Å². The molecule has 0 aliphatic rings. The van der Waals surface area contributed by atoms with Crippen LogP contribution in [0, 0.1) is 4.77 Å². The first-order valence-electron chi connectivity index (χ1n) is 8.65. The summed E-state index contributed by atoms with van der Waals surface area (Å²) in [5.41, 5.74) is 2.10. The molecule has 0 radical (unpaired) electrons. The number of benzene rings is 2. The highest BCUT2D eigenvalue weighted by molar-refractivity contribution is 7.71. The molecular formula is C20H20N4O3S. The fraction of sp³-hybridized carbons (Fsp3) is 0.200. The number of aromatic amines is 1. The van der Waals surface area contributed by atoms with E-state index in [1.807, 2.05) is 38.1 Å². The van der Waals surface area contributed by atoms with Crippen LogP contribution in [0.4, 0.5) is 0 Å². The predicted octanol–water partition coefficient (Wildman–Crippen LogP) is 4.06. The zero-order valence-electron chi connectivity index (χ0n) is 15.7. The van der Waals surface area contributed by atoms with Crippen molar-refractivity contribution in [3.8, 4) is 17.1 Å². The molecule has 0 spiro atoms. The first kappa shape index (κ1) is 19.5. The van der Waals surface area contributed by atoms with Gasteiger partial charge in [-0.15, -0.1) is 0 Å². The lowest BCUT2D eigenvalue weighted by Crippen LogP contribution is -2.05. The molecule has 1 aromatic heterocycles. The molecular weight excluding hydrogens is 376 g/mol. The standard InChI is InChI=1S/C20H20N4O3S/c1-13(2)27-17-6-4-5-16(11-17)18-22-23-20(28)24(18)21-12-14-7-9-15(10-8-14)19(25)26-3/h4-13H,1-3H3,(H,23,28)/b21-12+. The molecule has 28 heavy (non-hydrogen) atoms. The third kappa shape index (κ3) is 4.52. The predicted molar refractivity (Wildman–Crippen MR) is 109 cm³/mol. The lowest BCUT2D eigenvalue weighted by molar-refractivity contribution is 0.0600. The van der Waals surface area contributed by atoms with Crippen LogP contribution in [0.25, 0.3) is 11.4 Å². The van der Waals surface area contributed by atoms with Crippen molar-refractivity contribution >= 4 is 24.4 Å². The summed E-state index contributed by atoms with van der Waals surface area (Å²) in [7, 11) is 1.35. The Kier molecular flexibility index (Phi) is 6.00. The Hall–Kier alpha value is -3.26. The topological polar surface area (TPSA) is 81.5 Å². The van der Waals surface area contributed by atoms with Gasteiger partial charge in [0.2, 0.25) is 4.77 Å². The molecule has 3 rings (SSSR count). The minimum Gasteiger partial charge on any atom is -0.491 e. The summed E-state index contributed by atoms with van der Waals surface area (Å²) >= 11 is 5.30. The molecule has 0 unspecified atom stereocenters. The summed E-state index contributed by atoms with van der Waals surface area (Å²) in [5.74, 6) is 0.934. The van der Waals surface area contributed by atoms with E-state index in [-0.39, 0.29) is 12.1 Å². The number of carbonyl (C=O) groups excluding carboxylic acids is 1. The van der Waals surface area contributed by atoms with Gasteiger partial charge in [-0.3, -0.25) is 0 Å². The highest BCUT2D eigenvalue weighted by Gasteiger charge is 2.10. The number of hydrogen-bond acceptors (Lipinski definition) is 6. The molecule has 0 aliphatic carbocycles. The Bertz CT molecular complexity index is 1050. The van der Waals surface area contributed by atoms with Crippen molar-refractivity contribution in [3.63, 3.8) is 0 Å². The average Bonchev–Trinajstić information content (AvgIpc) is 3.06. The van der Waals surface area contributed by atoms with Crippen molar-refractivity contribution in [2.24, 2.45) is 5.10 Å². The fourth-order valence-corrected chi connectivity index (χ4v) is 2.69. The third-order valence-corrected chi connectivity index (χ3v) is 4.03. The highest BCUT2D eigenvalue weighted by Crippen LogP contribution is 2.23. The van der Waals surface area contributed by atoms with Crippen LogP contribution in [0.1, 0.15) is 29.8 Å². The first-order valence-corrected chi connectivity index (χ1v) is 9.06. The van der Waals surface area contributed by atoms with Gasteiger partial charge in [0.1, 0.15) is 5.75 Å². The number of H-pyrrole nitrogens is 1. The number of rotatable bonds is 6. The van der Waals surface area contributed by atoms with E-state index < -0.39 is 0 Å². The molecule has 0 aliphatic heterocycles. The van der Waals surface area contributed by atoms with Crippen molar-refractivity contribution in [2.75, 3.05) is 7.11 Å². The lowest BCUT2D eigenvalue weighted by Gasteiger charge is -2.10. The van der Waals surface area contributed by atoms with Crippen molar-refractivity contribution in [3.05, 3.63) is 64.4 Å². The lowest BCUT2D eigenvalue weighted by atomic mass is 10.1. The number of carbonyl (C=O) groups is 1. The summed E-state index contributed by atoms with van der Waals surface area (Å²) in [5, 5.41) is 11.5. The van der Waals surface area contributed by atoms with Crippen molar-refractivity contribution in [1.29, 1.82) is 0 Å². The zero-order chi connectivity index (χ0) is 20.1. The molecule has 1 N–H and O–H groups in total. The van der Waals surface area contributed by atoms with Gasteiger partial charge in [-0.2, -0.15) is 14.9 Å². The van der Waals surface area contributed by atoms with Gasteiger partial charge in [-0.05, 0) is 55.9 Å². The second kappa shape index (κ2) is 8.62. The van der Waals surface area contributed by atoms with E-state index >= 15 is 0 Å². The van der Waals surface area contributed by atoms with E-state index in [1.165, 1.54) is 11.8 Å². The van der Waals surface area contributed by atoms with E-state index in [1.54, 1.807) is 30.5 Å². The van der Waals surface area contributed by atoms with Crippen molar-refractivity contribution in [1.82, 2.24) is 14.9 Å². The number of esters is 1. The van der Waals surface area contributed by atoms with Crippen LogP contribution >= 0.6 is 12.2 Å². The Morgan fingerprint density at radius 1 is 1.25 bits per heavy atom. The van der Waals surface area contributed by atoms with Gasteiger partial charge in [0.05, 0.1) is 25.0 Å². The average molecular weight is 396 g/mol. The number of ether oxygens (including phenoxy) is 2. The Morgan fingerprint density at radius 2 is 2.00 bits per heavy atom. The number of methoxy groups -OCH3 is 1. The van der Waals surface area contributed by atoms with E-state index in [2.05, 4.69) is 15.3 Å². The normalized spacial score (nSPS) is 11.1. The summed E-state index contributed by atoms with van der Waals surface area (Å²) in [6.07, 6.45) is 1.71. The zero-order valence-corrected chi connectivity index (χ0v) is 16.6. The fourth-order valence-electron chi connectivity index (χ4n) is 2.51. The van der Waals surface area contributed by atoms with Gasteiger partial charge in [-0.25, -0.2) is 9.89 Å². The minimum absolute atomic E-state index is 0.0713. The van der Waals surface area contributed by atoms with Crippen LogP contribution in [-0.4, -0.2) is 40.3 Å². The maximum atomic E-state index is 11.5. The van der Waals surface area contributed by atoms with Crippen molar-refractivity contribution in [2.45, 2.75) is 20.0 Å². The van der Waals surface area contributed by atoms with Crippen LogP contribution in [0.15, 0.2) is 53.6 Å². The van der Waals surface area contributed by atoms with Gasteiger partial charge in [0.15, 0.2) is 5.82 Å². The molecule has 0 saturated heterocycles. The molecule has 0 bridgehead atoms. The second-order valence-corrected chi connectivity index (χ2v) is 6.60. The number of aromatic nitrogens is 3. The van der Waals surface area contributed by atoms with Crippen molar-refractivity contribution < 1.29 is 14.3 Å². The summed E-state index contributed by atoms with van der Waals surface area (Å²) in [4.78, 5) is 11.5. The minimum atomic E-state index is -0.383. The molecule has 0 saturated carbocycles. The van der Waals surface area contributed by atoms with Crippen LogP contribution in [0.2, 0.25) is 0 Å². The van der Waals surface area contributed by atoms with Gasteiger partial charge >= 0.3 is 5.97 Å². The maximum absolute atomic E-state index is 11.5. The largest absolute Gasteiger partial charge is 0.491 e. The van der Waals surface area contributed by atoms with Crippen LogP contribution < -0.4 is 4.74 Å². The van der Waals surface area contributed by atoms with E-state index in [9.17, 15) is 4.79 Å². The van der Waals surface area contributed by atoms with Gasteiger partial charge in [0.25, 0.3) is 0 Å². The molecule has 3 aromatic rings. The molecule has 8 heteroatoms. The Balaban J connectivity index is 1.88. The SMILES string of the molecule is COC(=O)c1ccc(/C=N/n2c(-c3cccc(OC(C)C)c3)n[nH]c2=S)cc1.